The molecule has 1 heterocycles. The number of hydrogen-bond donors (Lipinski definition) is 2. The molecule has 108 valence electrons. The lowest BCUT2D eigenvalue weighted by Gasteiger charge is -2.15. The zero-order chi connectivity index (χ0) is 14.8. The second-order valence-electron chi connectivity index (χ2n) is 4.58. The zero-order valence-electron chi connectivity index (χ0n) is 10.8. The molecule has 2 atom stereocenters. The van der Waals surface area contributed by atoms with Gasteiger partial charge in [0.05, 0.1) is 18.2 Å². The fraction of sp³-hybridized carbons (Fsp3) is 0.700. The third-order valence-corrected chi connectivity index (χ3v) is 3.81. The minimum absolute atomic E-state index is 0.0324. The van der Waals surface area contributed by atoms with Gasteiger partial charge in [0.1, 0.15) is 15.9 Å². The van der Waals surface area contributed by atoms with Crippen LogP contribution in [0.3, 0.4) is 0 Å². The highest BCUT2D eigenvalue weighted by Gasteiger charge is 2.37. The Balaban J connectivity index is 2.51. The number of carbonyl (C=O) groups is 3. The second kappa shape index (κ2) is 5.66. The van der Waals surface area contributed by atoms with E-state index in [1.54, 1.807) is 0 Å². The number of likely N-dealkylation sites (N-methyl/N-ethyl adjacent to an activating group) is 1. The van der Waals surface area contributed by atoms with Gasteiger partial charge in [-0.05, 0) is 6.42 Å². The Morgan fingerprint density at radius 1 is 1.53 bits per heavy atom. The van der Waals surface area contributed by atoms with Crippen LogP contribution >= 0.6 is 0 Å². The summed E-state index contributed by atoms with van der Waals surface area (Å²) >= 11 is 0. The SMILES string of the molecule is CN1C(=O)CC(NC(=O)C(N)CCS(C)(=O)=O)C1=O. The average Bonchev–Trinajstić information content (AvgIpc) is 2.53. The number of likely N-dealkylation sites (tertiary alicyclic amines) is 1. The minimum Gasteiger partial charge on any atom is -0.342 e. The summed E-state index contributed by atoms with van der Waals surface area (Å²) in [5.41, 5.74) is 5.53. The van der Waals surface area contributed by atoms with Crippen LogP contribution in [0, 0.1) is 0 Å². The van der Waals surface area contributed by atoms with Crippen LogP contribution in [0.25, 0.3) is 0 Å². The van der Waals surface area contributed by atoms with E-state index in [1.165, 1.54) is 7.05 Å². The molecule has 0 radical (unpaired) electrons. The van der Waals surface area contributed by atoms with Crippen LogP contribution in [0.4, 0.5) is 0 Å². The maximum atomic E-state index is 11.7. The molecule has 0 aromatic carbocycles. The molecule has 1 rings (SSSR count). The van der Waals surface area contributed by atoms with Gasteiger partial charge in [-0.15, -0.1) is 0 Å². The number of nitrogens with two attached hydrogens (primary N) is 1. The van der Waals surface area contributed by atoms with Crippen LogP contribution in [0.2, 0.25) is 0 Å². The standard InChI is InChI=1S/C10H17N3O5S/c1-13-8(14)5-7(10(13)16)12-9(15)6(11)3-4-19(2,17)18/h6-7H,3-5,11H2,1-2H3,(H,12,15). The Morgan fingerprint density at radius 3 is 2.53 bits per heavy atom. The topological polar surface area (TPSA) is 127 Å². The predicted molar refractivity (Wildman–Crippen MR) is 66.6 cm³/mol. The van der Waals surface area contributed by atoms with Gasteiger partial charge in [-0.3, -0.25) is 19.3 Å². The van der Waals surface area contributed by atoms with E-state index in [0.717, 1.165) is 11.2 Å². The molecule has 0 aliphatic carbocycles. The van der Waals surface area contributed by atoms with Gasteiger partial charge in [0, 0.05) is 13.3 Å². The molecule has 0 aromatic rings. The number of nitrogens with one attached hydrogen (secondary N) is 1. The molecule has 9 heteroatoms. The third-order valence-electron chi connectivity index (χ3n) is 2.83. The third kappa shape index (κ3) is 4.28. The molecule has 3 amide bonds. The highest BCUT2D eigenvalue weighted by atomic mass is 32.2. The van der Waals surface area contributed by atoms with Crippen molar-refractivity contribution in [2.24, 2.45) is 5.73 Å². The Labute approximate surface area is 111 Å². The van der Waals surface area contributed by atoms with Gasteiger partial charge in [0.25, 0.3) is 5.91 Å². The first kappa shape index (κ1) is 15.6. The van der Waals surface area contributed by atoms with E-state index in [9.17, 15) is 22.8 Å². The second-order valence-corrected chi connectivity index (χ2v) is 6.84. The molecule has 0 bridgehead atoms. The summed E-state index contributed by atoms with van der Waals surface area (Å²) in [6.45, 7) is 0. The quantitative estimate of drug-likeness (QED) is 0.545. The molecule has 0 spiro atoms. The van der Waals surface area contributed by atoms with Gasteiger partial charge >= 0.3 is 0 Å². The van der Waals surface area contributed by atoms with Gasteiger partial charge in [0.15, 0.2) is 0 Å². The first-order valence-electron chi connectivity index (χ1n) is 5.66. The average molecular weight is 291 g/mol. The van der Waals surface area contributed by atoms with E-state index in [1.807, 2.05) is 0 Å². The number of rotatable bonds is 5. The maximum absolute atomic E-state index is 11.7. The number of imide groups is 1. The normalized spacial score (nSPS) is 21.6. The van der Waals surface area contributed by atoms with E-state index in [-0.39, 0.29) is 24.5 Å². The maximum Gasteiger partial charge on any atom is 0.252 e. The lowest BCUT2D eigenvalue weighted by atomic mass is 10.2. The van der Waals surface area contributed by atoms with Crippen molar-refractivity contribution in [2.75, 3.05) is 19.1 Å². The van der Waals surface area contributed by atoms with Crippen molar-refractivity contribution in [3.8, 4) is 0 Å². The summed E-state index contributed by atoms with van der Waals surface area (Å²) in [6.07, 6.45) is 0.918. The van der Waals surface area contributed by atoms with Gasteiger partial charge < -0.3 is 11.1 Å². The summed E-state index contributed by atoms with van der Waals surface area (Å²) < 4.78 is 21.9. The molecule has 1 saturated heterocycles. The fourth-order valence-electron chi connectivity index (χ4n) is 1.62. The summed E-state index contributed by atoms with van der Waals surface area (Å²) in [7, 11) is -1.86. The number of nitrogens with zero attached hydrogens (tertiary/aromatic N) is 1. The first-order valence-corrected chi connectivity index (χ1v) is 7.72. The van der Waals surface area contributed by atoms with E-state index in [4.69, 9.17) is 5.73 Å². The van der Waals surface area contributed by atoms with Crippen LogP contribution in [0.15, 0.2) is 0 Å². The molecule has 19 heavy (non-hydrogen) atoms. The van der Waals surface area contributed by atoms with E-state index in [0.29, 0.717) is 0 Å². The largest absolute Gasteiger partial charge is 0.342 e. The molecular formula is C10H17N3O5S. The highest BCUT2D eigenvalue weighted by molar-refractivity contribution is 7.90. The number of sulfone groups is 1. The fourth-order valence-corrected chi connectivity index (χ4v) is 2.30. The van der Waals surface area contributed by atoms with Crippen LogP contribution in [-0.4, -0.2) is 62.2 Å². The molecule has 0 aromatic heterocycles. The Kier molecular flexibility index (Phi) is 4.64. The van der Waals surface area contributed by atoms with E-state index < -0.39 is 33.7 Å². The predicted octanol–water partition coefficient (Wildman–Crippen LogP) is -2.38. The molecule has 1 aliphatic rings. The van der Waals surface area contributed by atoms with Crippen LogP contribution in [0.5, 0.6) is 0 Å². The molecule has 1 fully saturated rings. The molecule has 0 saturated carbocycles. The molecule has 3 N–H and O–H groups in total. The highest BCUT2D eigenvalue weighted by Crippen LogP contribution is 2.10. The lowest BCUT2D eigenvalue weighted by molar-refractivity contribution is -0.138. The zero-order valence-corrected chi connectivity index (χ0v) is 11.6. The van der Waals surface area contributed by atoms with Gasteiger partial charge in [0.2, 0.25) is 11.8 Å². The van der Waals surface area contributed by atoms with Crippen molar-refractivity contribution in [3.05, 3.63) is 0 Å². The van der Waals surface area contributed by atoms with Crippen LogP contribution < -0.4 is 11.1 Å². The van der Waals surface area contributed by atoms with Crippen molar-refractivity contribution < 1.29 is 22.8 Å². The lowest BCUT2D eigenvalue weighted by Crippen LogP contribution is -2.48. The smallest absolute Gasteiger partial charge is 0.252 e. The number of amides is 3. The molecule has 8 nitrogen and oxygen atoms in total. The first-order chi connectivity index (χ1) is 8.61. The Morgan fingerprint density at radius 2 is 2.11 bits per heavy atom. The van der Waals surface area contributed by atoms with Crippen molar-refractivity contribution in [1.29, 1.82) is 0 Å². The monoisotopic (exact) mass is 291 g/mol. The Hall–Kier alpha value is -1.48. The van der Waals surface area contributed by atoms with E-state index in [2.05, 4.69) is 5.32 Å². The summed E-state index contributed by atoms with van der Waals surface area (Å²) in [5, 5.41) is 2.35. The number of hydrogen-bond acceptors (Lipinski definition) is 6. The summed E-state index contributed by atoms with van der Waals surface area (Å²) in [6, 6.07) is -1.93. The van der Waals surface area contributed by atoms with E-state index >= 15 is 0 Å². The summed E-state index contributed by atoms with van der Waals surface area (Å²) in [5.74, 6) is -1.71. The number of carbonyl (C=O) groups excluding carboxylic acids is 3. The van der Waals surface area contributed by atoms with Crippen molar-refractivity contribution in [3.63, 3.8) is 0 Å². The minimum atomic E-state index is -3.20. The van der Waals surface area contributed by atoms with Crippen molar-refractivity contribution in [1.82, 2.24) is 10.2 Å². The van der Waals surface area contributed by atoms with Gasteiger partial charge in [-0.1, -0.05) is 0 Å². The molecule has 2 unspecified atom stereocenters. The van der Waals surface area contributed by atoms with Crippen LogP contribution in [0.1, 0.15) is 12.8 Å². The van der Waals surface area contributed by atoms with Crippen molar-refractivity contribution in [2.45, 2.75) is 24.9 Å². The van der Waals surface area contributed by atoms with Crippen molar-refractivity contribution >= 4 is 27.6 Å². The van der Waals surface area contributed by atoms with Gasteiger partial charge in [-0.2, -0.15) is 0 Å². The Bertz CT molecular complexity index is 501. The van der Waals surface area contributed by atoms with Crippen LogP contribution in [-0.2, 0) is 24.2 Å². The van der Waals surface area contributed by atoms with Gasteiger partial charge in [-0.25, -0.2) is 8.42 Å². The molecule has 1 aliphatic heterocycles. The molecular weight excluding hydrogens is 274 g/mol. The summed E-state index contributed by atoms with van der Waals surface area (Å²) in [4.78, 5) is 35.4.